The van der Waals surface area contributed by atoms with Gasteiger partial charge in [-0.05, 0) is 60.2 Å². The summed E-state index contributed by atoms with van der Waals surface area (Å²) in [7, 11) is -2.39. The van der Waals surface area contributed by atoms with Gasteiger partial charge in [0, 0.05) is 23.9 Å². The molecular weight excluding hydrogens is 444 g/mol. The summed E-state index contributed by atoms with van der Waals surface area (Å²) in [5.74, 6) is -0.143. The first-order valence-corrected chi connectivity index (χ1v) is 11.2. The zero-order valence-corrected chi connectivity index (χ0v) is 18.7. The Morgan fingerprint density at radius 2 is 1.61 bits per heavy atom. The van der Waals surface area contributed by atoms with Gasteiger partial charge in [-0.2, -0.15) is 5.10 Å². The van der Waals surface area contributed by atoms with Crippen molar-refractivity contribution in [3.8, 4) is 5.75 Å². The third-order valence-electron chi connectivity index (χ3n) is 4.36. The lowest BCUT2D eigenvalue weighted by Gasteiger charge is -2.10. The summed E-state index contributed by atoms with van der Waals surface area (Å²) in [6.07, 6.45) is 1.43. The topological polar surface area (TPSA) is 126 Å². The monoisotopic (exact) mass is 466 g/mol. The lowest BCUT2D eigenvalue weighted by Crippen LogP contribution is -2.19. The fourth-order valence-corrected chi connectivity index (χ4v) is 3.87. The van der Waals surface area contributed by atoms with Crippen molar-refractivity contribution in [3.05, 3.63) is 83.9 Å². The molecular formula is C23H22N4O5S. The number of anilines is 2. The Kier molecular flexibility index (Phi) is 7.42. The molecule has 0 bridgehead atoms. The molecule has 0 aliphatic rings. The number of hydrazone groups is 1. The second kappa shape index (κ2) is 10.4. The third kappa shape index (κ3) is 6.65. The summed E-state index contributed by atoms with van der Waals surface area (Å²) in [6.45, 7) is 1.42. The van der Waals surface area contributed by atoms with Crippen LogP contribution in [0, 0.1) is 0 Å². The first-order valence-electron chi connectivity index (χ1n) is 9.75. The lowest BCUT2D eigenvalue weighted by atomic mass is 10.2. The van der Waals surface area contributed by atoms with E-state index in [4.69, 9.17) is 4.74 Å². The van der Waals surface area contributed by atoms with E-state index in [1.165, 1.54) is 44.5 Å². The Hall–Kier alpha value is -4.18. The minimum atomic E-state index is -3.90. The van der Waals surface area contributed by atoms with Gasteiger partial charge in [-0.1, -0.05) is 18.2 Å². The van der Waals surface area contributed by atoms with Gasteiger partial charge in [0.25, 0.3) is 15.9 Å². The van der Waals surface area contributed by atoms with Crippen LogP contribution in [0.2, 0.25) is 0 Å². The van der Waals surface area contributed by atoms with Crippen LogP contribution in [-0.4, -0.2) is 33.6 Å². The van der Waals surface area contributed by atoms with Crippen LogP contribution in [0.4, 0.5) is 11.4 Å². The summed E-state index contributed by atoms with van der Waals surface area (Å²) in [6, 6.07) is 18.9. The van der Waals surface area contributed by atoms with E-state index in [0.29, 0.717) is 22.7 Å². The number of hydrogen-bond acceptors (Lipinski definition) is 6. The van der Waals surface area contributed by atoms with E-state index in [1.54, 1.807) is 48.5 Å². The first-order chi connectivity index (χ1) is 15.8. The predicted molar refractivity (Wildman–Crippen MR) is 126 cm³/mol. The fourth-order valence-electron chi connectivity index (χ4n) is 2.76. The molecule has 0 aliphatic carbocycles. The number of carbonyl (C=O) groups excluding carboxylic acids is 2. The van der Waals surface area contributed by atoms with Crippen molar-refractivity contribution in [3.63, 3.8) is 0 Å². The van der Waals surface area contributed by atoms with Gasteiger partial charge >= 0.3 is 0 Å². The Morgan fingerprint density at radius 1 is 0.939 bits per heavy atom. The standard InChI is InChI=1S/C23H22N4O5S/c1-16(28)25-19-8-6-17(7-9-19)15-24-26-23(29)18-4-3-5-22(14-18)33(30,31)27-20-10-12-21(32-2)13-11-20/h3-15,27H,1-2H3,(H,25,28)(H,26,29)/b24-15+. The summed E-state index contributed by atoms with van der Waals surface area (Å²) >= 11 is 0. The number of amides is 2. The van der Waals surface area contributed by atoms with Gasteiger partial charge in [-0.15, -0.1) is 0 Å². The molecule has 3 aromatic rings. The molecule has 3 aromatic carbocycles. The molecule has 0 unspecified atom stereocenters. The second-order valence-electron chi connectivity index (χ2n) is 6.86. The maximum absolute atomic E-state index is 12.7. The number of methoxy groups -OCH3 is 1. The van der Waals surface area contributed by atoms with E-state index in [1.807, 2.05) is 0 Å². The first kappa shape index (κ1) is 23.5. The molecule has 10 heteroatoms. The van der Waals surface area contributed by atoms with Gasteiger partial charge in [0.05, 0.1) is 18.2 Å². The van der Waals surface area contributed by atoms with E-state index in [9.17, 15) is 18.0 Å². The zero-order chi connectivity index (χ0) is 23.8. The van der Waals surface area contributed by atoms with Gasteiger partial charge in [0.15, 0.2) is 0 Å². The van der Waals surface area contributed by atoms with Gasteiger partial charge in [-0.3, -0.25) is 14.3 Å². The number of sulfonamides is 1. The van der Waals surface area contributed by atoms with Crippen LogP contribution in [0.25, 0.3) is 0 Å². The number of hydrogen-bond donors (Lipinski definition) is 3. The van der Waals surface area contributed by atoms with E-state index in [-0.39, 0.29) is 16.4 Å². The molecule has 0 spiro atoms. The van der Waals surface area contributed by atoms with Gasteiger partial charge < -0.3 is 10.1 Å². The maximum atomic E-state index is 12.7. The second-order valence-corrected chi connectivity index (χ2v) is 8.55. The van der Waals surface area contributed by atoms with Crippen LogP contribution >= 0.6 is 0 Å². The summed E-state index contributed by atoms with van der Waals surface area (Å²) < 4.78 is 32.9. The summed E-state index contributed by atoms with van der Waals surface area (Å²) in [4.78, 5) is 23.4. The van der Waals surface area contributed by atoms with Gasteiger partial charge in [-0.25, -0.2) is 13.8 Å². The number of rotatable bonds is 8. The number of carbonyl (C=O) groups is 2. The maximum Gasteiger partial charge on any atom is 0.271 e. The van der Waals surface area contributed by atoms with Crippen LogP contribution in [0.1, 0.15) is 22.8 Å². The molecule has 0 aromatic heterocycles. The van der Waals surface area contributed by atoms with E-state index in [0.717, 1.165) is 0 Å². The smallest absolute Gasteiger partial charge is 0.271 e. The molecule has 33 heavy (non-hydrogen) atoms. The van der Waals surface area contributed by atoms with Crippen LogP contribution in [-0.2, 0) is 14.8 Å². The Balaban J connectivity index is 1.65. The third-order valence-corrected chi connectivity index (χ3v) is 5.74. The largest absolute Gasteiger partial charge is 0.497 e. The van der Waals surface area contributed by atoms with Crippen LogP contribution < -0.4 is 20.2 Å². The average molecular weight is 467 g/mol. The molecule has 3 N–H and O–H groups in total. The molecule has 0 atom stereocenters. The van der Waals surface area contributed by atoms with Gasteiger partial charge in [0.1, 0.15) is 5.75 Å². The Bertz CT molecular complexity index is 1270. The number of nitrogens with zero attached hydrogens (tertiary/aromatic N) is 1. The highest BCUT2D eigenvalue weighted by Gasteiger charge is 2.16. The van der Waals surface area contributed by atoms with E-state index >= 15 is 0 Å². The predicted octanol–water partition coefficient (Wildman–Crippen LogP) is 3.22. The van der Waals surface area contributed by atoms with Crippen molar-refractivity contribution >= 4 is 39.4 Å². The van der Waals surface area contributed by atoms with Crippen molar-refractivity contribution in [2.24, 2.45) is 5.10 Å². The summed E-state index contributed by atoms with van der Waals surface area (Å²) in [5.41, 5.74) is 4.20. The minimum Gasteiger partial charge on any atom is -0.497 e. The fraction of sp³-hybridized carbons (Fsp3) is 0.0870. The highest BCUT2D eigenvalue weighted by molar-refractivity contribution is 7.92. The lowest BCUT2D eigenvalue weighted by molar-refractivity contribution is -0.114. The summed E-state index contributed by atoms with van der Waals surface area (Å²) in [5, 5.41) is 6.55. The SMILES string of the molecule is COc1ccc(NS(=O)(=O)c2cccc(C(=O)N/N=C/c3ccc(NC(C)=O)cc3)c2)cc1. The normalized spacial score (nSPS) is 11.1. The number of nitrogens with one attached hydrogen (secondary N) is 3. The molecule has 0 saturated heterocycles. The van der Waals surface area contributed by atoms with E-state index in [2.05, 4.69) is 20.6 Å². The molecule has 0 fully saturated rings. The molecule has 0 saturated carbocycles. The van der Waals surface area contributed by atoms with Crippen molar-refractivity contribution in [2.75, 3.05) is 17.1 Å². The zero-order valence-electron chi connectivity index (χ0n) is 17.9. The quantitative estimate of drug-likeness (QED) is 0.347. The minimum absolute atomic E-state index is 0.0662. The van der Waals surface area contributed by atoms with E-state index < -0.39 is 15.9 Å². The molecule has 0 aliphatic heterocycles. The molecule has 0 radical (unpaired) electrons. The van der Waals surface area contributed by atoms with Crippen molar-refractivity contribution < 1.29 is 22.7 Å². The highest BCUT2D eigenvalue weighted by atomic mass is 32.2. The molecule has 2 amide bonds. The number of ether oxygens (including phenoxy) is 1. The Labute approximate surface area is 191 Å². The van der Waals surface area contributed by atoms with Crippen LogP contribution in [0.3, 0.4) is 0 Å². The average Bonchev–Trinajstić information content (AvgIpc) is 2.80. The van der Waals surface area contributed by atoms with Gasteiger partial charge in [0.2, 0.25) is 5.91 Å². The molecule has 9 nitrogen and oxygen atoms in total. The Morgan fingerprint density at radius 3 is 2.24 bits per heavy atom. The van der Waals surface area contributed by atoms with Crippen molar-refractivity contribution in [1.82, 2.24) is 5.43 Å². The van der Waals surface area contributed by atoms with Crippen molar-refractivity contribution in [2.45, 2.75) is 11.8 Å². The van der Waals surface area contributed by atoms with Crippen LogP contribution in [0.5, 0.6) is 5.75 Å². The molecule has 3 rings (SSSR count). The highest BCUT2D eigenvalue weighted by Crippen LogP contribution is 2.20. The molecule has 0 heterocycles. The van der Waals surface area contributed by atoms with Crippen LogP contribution in [0.15, 0.2) is 82.8 Å². The molecule has 170 valence electrons. The number of benzene rings is 3. The van der Waals surface area contributed by atoms with Crippen molar-refractivity contribution in [1.29, 1.82) is 0 Å².